The number of rotatable bonds is 3. The summed E-state index contributed by atoms with van der Waals surface area (Å²) in [6.45, 7) is 3.22. The minimum Gasteiger partial charge on any atom is -0.325 e. The maximum Gasteiger partial charge on any atom is 0.269 e. The van der Waals surface area contributed by atoms with Crippen LogP contribution in [-0.2, 0) is 11.3 Å². The molecule has 0 saturated heterocycles. The largest absolute Gasteiger partial charge is 0.325 e. The minimum absolute atomic E-state index is 0.0433. The van der Waals surface area contributed by atoms with Crippen molar-refractivity contribution < 1.29 is 4.79 Å². The van der Waals surface area contributed by atoms with Gasteiger partial charge < -0.3 is 9.88 Å². The number of aromatic nitrogens is 1. The van der Waals surface area contributed by atoms with E-state index in [-0.39, 0.29) is 18.0 Å². The Kier molecular flexibility index (Phi) is 4.58. The van der Waals surface area contributed by atoms with Crippen molar-refractivity contribution in [2.24, 2.45) is 0 Å². The fourth-order valence-corrected chi connectivity index (χ4v) is 2.23. The Morgan fingerprint density at radius 3 is 2.39 bits per heavy atom. The van der Waals surface area contributed by atoms with Gasteiger partial charge >= 0.3 is 0 Å². The first-order valence-corrected chi connectivity index (χ1v) is 6.87. The van der Waals surface area contributed by atoms with Crippen molar-refractivity contribution in [2.75, 3.05) is 5.32 Å². The highest BCUT2D eigenvalue weighted by Gasteiger charge is 2.13. The molecule has 0 spiro atoms. The van der Waals surface area contributed by atoms with Gasteiger partial charge in [-0.2, -0.15) is 10.5 Å². The molecule has 1 aromatic carbocycles. The van der Waals surface area contributed by atoms with E-state index in [4.69, 9.17) is 10.5 Å². The quantitative estimate of drug-likeness (QED) is 0.935. The van der Waals surface area contributed by atoms with Crippen molar-refractivity contribution in [1.82, 2.24) is 4.57 Å². The molecule has 1 amide bonds. The Hall–Kier alpha value is -3.38. The molecule has 0 aliphatic rings. The Morgan fingerprint density at radius 2 is 1.83 bits per heavy atom. The fraction of sp³-hybridized carbons (Fsp3) is 0.176. The van der Waals surface area contributed by atoms with Crippen LogP contribution in [0.3, 0.4) is 0 Å². The van der Waals surface area contributed by atoms with Crippen molar-refractivity contribution in [1.29, 1.82) is 10.5 Å². The lowest BCUT2D eigenvalue weighted by Gasteiger charge is -2.12. The summed E-state index contributed by atoms with van der Waals surface area (Å²) in [6, 6.07) is 12.0. The highest BCUT2D eigenvalue weighted by Crippen LogP contribution is 2.10. The Morgan fingerprint density at radius 1 is 1.17 bits per heavy atom. The van der Waals surface area contributed by atoms with E-state index in [0.29, 0.717) is 22.5 Å². The molecule has 0 atom stereocenters. The number of carbonyl (C=O) groups excluding carboxylic acids is 1. The van der Waals surface area contributed by atoms with Crippen LogP contribution in [0.2, 0.25) is 0 Å². The monoisotopic (exact) mass is 306 g/mol. The number of carbonyl (C=O) groups is 1. The zero-order valence-electron chi connectivity index (χ0n) is 12.8. The van der Waals surface area contributed by atoms with Gasteiger partial charge in [0.15, 0.2) is 0 Å². The van der Waals surface area contributed by atoms with E-state index in [9.17, 15) is 9.59 Å². The first-order valence-electron chi connectivity index (χ1n) is 6.87. The van der Waals surface area contributed by atoms with Crippen LogP contribution >= 0.6 is 0 Å². The minimum atomic E-state index is -0.472. The molecule has 0 fully saturated rings. The zero-order chi connectivity index (χ0) is 17.0. The number of hydrogen-bond acceptors (Lipinski definition) is 4. The van der Waals surface area contributed by atoms with Crippen LogP contribution in [0.1, 0.15) is 22.4 Å². The molecule has 2 aromatic rings. The lowest BCUT2D eigenvalue weighted by atomic mass is 10.1. The smallest absolute Gasteiger partial charge is 0.269 e. The molecule has 0 saturated carbocycles. The predicted octanol–water partition coefficient (Wildman–Crippen LogP) is 1.85. The molecule has 2 rings (SSSR count). The van der Waals surface area contributed by atoms with Gasteiger partial charge in [-0.25, -0.2) is 0 Å². The molecule has 1 N–H and O–H groups in total. The second-order valence-corrected chi connectivity index (χ2v) is 5.08. The van der Waals surface area contributed by atoms with Crippen LogP contribution in [0.4, 0.5) is 5.69 Å². The van der Waals surface area contributed by atoms with Crippen molar-refractivity contribution in [3.05, 3.63) is 63.1 Å². The summed E-state index contributed by atoms with van der Waals surface area (Å²) in [6.07, 6.45) is 0. The van der Waals surface area contributed by atoms with Gasteiger partial charge in [-0.05, 0) is 49.7 Å². The number of nitrogens with one attached hydrogen (secondary N) is 1. The first kappa shape index (κ1) is 16.0. The third kappa shape index (κ3) is 3.45. The number of nitriles is 2. The summed E-state index contributed by atoms with van der Waals surface area (Å²) in [7, 11) is 0. The number of hydrogen-bond donors (Lipinski definition) is 1. The van der Waals surface area contributed by atoms with E-state index in [1.54, 1.807) is 44.2 Å². The highest BCUT2D eigenvalue weighted by molar-refractivity contribution is 5.90. The van der Waals surface area contributed by atoms with Crippen molar-refractivity contribution in [3.8, 4) is 12.1 Å². The van der Waals surface area contributed by atoms with E-state index in [0.717, 1.165) is 0 Å². The molecular weight excluding hydrogens is 292 g/mol. The van der Waals surface area contributed by atoms with Crippen LogP contribution in [0.5, 0.6) is 0 Å². The third-order valence-electron chi connectivity index (χ3n) is 3.42. The topological polar surface area (TPSA) is 98.7 Å². The van der Waals surface area contributed by atoms with Gasteiger partial charge in [0.1, 0.15) is 18.2 Å². The summed E-state index contributed by atoms with van der Waals surface area (Å²) >= 11 is 0. The number of aryl methyl sites for hydroxylation is 2. The molecule has 6 heteroatoms. The van der Waals surface area contributed by atoms with Crippen molar-refractivity contribution in [3.63, 3.8) is 0 Å². The predicted molar refractivity (Wildman–Crippen MR) is 84.7 cm³/mol. The average molecular weight is 306 g/mol. The molecule has 0 radical (unpaired) electrons. The van der Waals surface area contributed by atoms with Crippen LogP contribution in [0, 0.1) is 36.5 Å². The summed E-state index contributed by atoms with van der Waals surface area (Å²) in [5.74, 6) is -0.382. The molecule has 23 heavy (non-hydrogen) atoms. The van der Waals surface area contributed by atoms with E-state index < -0.39 is 5.56 Å². The Labute approximate surface area is 133 Å². The number of benzene rings is 1. The summed E-state index contributed by atoms with van der Waals surface area (Å²) < 4.78 is 1.27. The molecular formula is C17H14N4O2. The zero-order valence-corrected chi connectivity index (χ0v) is 12.8. The van der Waals surface area contributed by atoms with E-state index in [1.165, 1.54) is 4.57 Å². The Balaban J connectivity index is 2.22. The fourth-order valence-electron chi connectivity index (χ4n) is 2.23. The Bertz CT molecular complexity index is 896. The van der Waals surface area contributed by atoms with E-state index in [2.05, 4.69) is 5.32 Å². The number of anilines is 1. The summed E-state index contributed by atoms with van der Waals surface area (Å²) in [5, 5.41) is 20.4. The van der Waals surface area contributed by atoms with Gasteiger partial charge in [0.2, 0.25) is 5.91 Å². The van der Waals surface area contributed by atoms with Crippen molar-refractivity contribution in [2.45, 2.75) is 20.4 Å². The molecule has 0 unspecified atom stereocenters. The lowest BCUT2D eigenvalue weighted by Crippen LogP contribution is -2.31. The average Bonchev–Trinajstić information content (AvgIpc) is 2.52. The third-order valence-corrected chi connectivity index (χ3v) is 3.42. The molecule has 0 bridgehead atoms. The maximum atomic E-state index is 12.2. The second kappa shape index (κ2) is 6.59. The standard InChI is InChI=1S/C17H14N4O2/c1-11-7-12(2)21(17(23)15(11)9-19)10-16(22)20-14-5-3-13(8-18)4-6-14/h3-7H,10H2,1-2H3,(H,20,22). The molecule has 0 aliphatic heterocycles. The molecule has 1 heterocycles. The van der Waals surface area contributed by atoms with E-state index in [1.807, 2.05) is 12.1 Å². The molecule has 6 nitrogen and oxygen atoms in total. The van der Waals surface area contributed by atoms with Crippen LogP contribution in [0.25, 0.3) is 0 Å². The van der Waals surface area contributed by atoms with Crippen LogP contribution in [0.15, 0.2) is 35.1 Å². The van der Waals surface area contributed by atoms with Gasteiger partial charge in [-0.3, -0.25) is 9.59 Å². The normalized spacial score (nSPS) is 9.74. The summed E-state index contributed by atoms with van der Waals surface area (Å²) in [4.78, 5) is 24.3. The molecule has 1 aromatic heterocycles. The van der Waals surface area contributed by atoms with Crippen molar-refractivity contribution >= 4 is 11.6 Å². The highest BCUT2D eigenvalue weighted by atomic mass is 16.2. The van der Waals surface area contributed by atoms with Gasteiger partial charge in [-0.15, -0.1) is 0 Å². The van der Waals surface area contributed by atoms with E-state index >= 15 is 0 Å². The molecule has 114 valence electrons. The first-order chi connectivity index (χ1) is 11.0. The SMILES string of the molecule is Cc1cc(C)n(CC(=O)Nc2ccc(C#N)cc2)c(=O)c1C#N. The number of amides is 1. The lowest BCUT2D eigenvalue weighted by molar-refractivity contribution is -0.116. The summed E-state index contributed by atoms with van der Waals surface area (Å²) in [5.41, 5.74) is 1.81. The van der Waals surface area contributed by atoms with Gasteiger partial charge in [0.25, 0.3) is 5.56 Å². The van der Waals surface area contributed by atoms with Crippen LogP contribution in [-0.4, -0.2) is 10.5 Å². The molecule has 0 aliphatic carbocycles. The maximum absolute atomic E-state index is 12.2. The van der Waals surface area contributed by atoms with Crippen LogP contribution < -0.4 is 10.9 Å². The number of pyridine rings is 1. The van der Waals surface area contributed by atoms with Gasteiger partial charge in [0.05, 0.1) is 11.6 Å². The number of nitrogens with zero attached hydrogens (tertiary/aromatic N) is 3. The second-order valence-electron chi connectivity index (χ2n) is 5.08. The van der Waals surface area contributed by atoms with Gasteiger partial charge in [-0.1, -0.05) is 0 Å². The van der Waals surface area contributed by atoms with Gasteiger partial charge in [0, 0.05) is 11.4 Å².